The second kappa shape index (κ2) is 9.08. The minimum absolute atomic E-state index is 0. The van der Waals surface area contributed by atoms with E-state index in [9.17, 15) is 23.1 Å². The van der Waals surface area contributed by atoms with E-state index in [-0.39, 0.29) is 63.6 Å². The first-order chi connectivity index (χ1) is 14.8. The van der Waals surface area contributed by atoms with Gasteiger partial charge in [0, 0.05) is 27.9 Å². The predicted molar refractivity (Wildman–Crippen MR) is 112 cm³/mol. The van der Waals surface area contributed by atoms with Gasteiger partial charge in [0.25, 0.3) is 0 Å². The minimum Gasteiger partial charge on any atom is -0.543 e. The normalized spacial score (nSPS) is 13.8. The van der Waals surface area contributed by atoms with Gasteiger partial charge in [-0.3, -0.25) is 0 Å². The van der Waals surface area contributed by atoms with Gasteiger partial charge in [0.2, 0.25) is 0 Å². The quantitative estimate of drug-likeness (QED) is 0.413. The molecule has 2 aromatic carbocycles. The van der Waals surface area contributed by atoms with Gasteiger partial charge in [0.05, 0.1) is 17.2 Å². The fourth-order valence-electron chi connectivity index (χ4n) is 4.07. The molecule has 2 aromatic heterocycles. The number of carboxylic acid groups (broad SMARTS) is 1. The monoisotopic (exact) mass is 479 g/mol. The summed E-state index contributed by atoms with van der Waals surface area (Å²) in [6, 6.07) is 14.3. The Bertz CT molecular complexity index is 1300. The molecular formula is C24H17F3KNO2S. The van der Waals surface area contributed by atoms with E-state index < -0.39 is 17.7 Å². The maximum Gasteiger partial charge on any atom is 1.00 e. The Labute approximate surface area is 229 Å². The summed E-state index contributed by atoms with van der Waals surface area (Å²) in [6.07, 6.45) is -2.19. The average molecular weight is 480 g/mol. The number of carbonyl (C=O) groups is 1. The van der Waals surface area contributed by atoms with Crippen molar-refractivity contribution < 1.29 is 74.5 Å². The standard InChI is InChI=1S/C24H18F3NO2S.K/c25-24(26,27)17-5-3-4-14(10-17)12-28-19-7-2-1-6-18(19)21(22(28)23(29)30)20-11-16(13-31-20)15-8-9-15;/h1-7,10-11,13,15H,8-9,12H2,(H,29,30);/q;+1/p-1. The van der Waals surface area contributed by atoms with Gasteiger partial charge in [-0.25, -0.2) is 0 Å². The van der Waals surface area contributed by atoms with Gasteiger partial charge >= 0.3 is 57.6 Å². The topological polar surface area (TPSA) is 45.1 Å². The molecule has 5 rings (SSSR count). The van der Waals surface area contributed by atoms with Crippen LogP contribution < -0.4 is 56.5 Å². The van der Waals surface area contributed by atoms with Crippen molar-refractivity contribution in [2.45, 2.75) is 31.5 Å². The summed E-state index contributed by atoms with van der Waals surface area (Å²) in [6.45, 7) is -0.00535. The predicted octanol–water partition coefficient (Wildman–Crippen LogP) is 2.68. The fourth-order valence-corrected chi connectivity index (χ4v) is 5.12. The number of hydrogen-bond donors (Lipinski definition) is 0. The van der Waals surface area contributed by atoms with Crippen LogP contribution in [0.15, 0.2) is 60.0 Å². The molecular weight excluding hydrogens is 462 g/mol. The van der Waals surface area contributed by atoms with Crippen LogP contribution >= 0.6 is 11.3 Å². The number of nitrogens with zero attached hydrogens (tertiary/aromatic N) is 1. The van der Waals surface area contributed by atoms with Gasteiger partial charge in [-0.15, -0.1) is 11.3 Å². The molecule has 1 saturated carbocycles. The third-order valence-electron chi connectivity index (χ3n) is 5.67. The molecule has 4 aromatic rings. The molecule has 0 unspecified atom stereocenters. The minimum atomic E-state index is -4.46. The number of carboxylic acids is 1. The first-order valence-electron chi connectivity index (χ1n) is 9.90. The maximum atomic E-state index is 13.2. The molecule has 1 aliphatic carbocycles. The third-order valence-corrected chi connectivity index (χ3v) is 6.64. The van der Waals surface area contributed by atoms with E-state index in [0.717, 1.165) is 35.2 Å². The summed E-state index contributed by atoms with van der Waals surface area (Å²) in [5.74, 6) is -0.811. The molecule has 0 amide bonds. The number of alkyl halides is 3. The van der Waals surface area contributed by atoms with Crippen molar-refractivity contribution in [1.29, 1.82) is 0 Å². The van der Waals surface area contributed by atoms with Crippen LogP contribution in [0.4, 0.5) is 13.2 Å². The molecule has 3 nitrogen and oxygen atoms in total. The Morgan fingerprint density at radius 1 is 1.09 bits per heavy atom. The first kappa shape index (κ1) is 23.7. The van der Waals surface area contributed by atoms with E-state index in [2.05, 4.69) is 5.38 Å². The number of para-hydroxylation sites is 1. The number of carbonyl (C=O) groups excluding carboxylic acids is 1. The second-order valence-corrected chi connectivity index (χ2v) is 8.74. The summed E-state index contributed by atoms with van der Waals surface area (Å²) in [7, 11) is 0. The van der Waals surface area contributed by atoms with E-state index in [4.69, 9.17) is 0 Å². The summed E-state index contributed by atoms with van der Waals surface area (Å²) in [4.78, 5) is 13.1. The molecule has 0 atom stereocenters. The van der Waals surface area contributed by atoms with Crippen LogP contribution in [0.3, 0.4) is 0 Å². The van der Waals surface area contributed by atoms with Gasteiger partial charge in [-0.05, 0) is 59.5 Å². The molecule has 32 heavy (non-hydrogen) atoms. The van der Waals surface area contributed by atoms with Crippen LogP contribution in [0.5, 0.6) is 0 Å². The molecule has 0 radical (unpaired) electrons. The zero-order valence-electron chi connectivity index (χ0n) is 17.3. The number of benzene rings is 2. The Balaban J connectivity index is 0.00000245. The van der Waals surface area contributed by atoms with Crippen LogP contribution in [-0.2, 0) is 12.7 Å². The first-order valence-corrected chi connectivity index (χ1v) is 10.8. The maximum absolute atomic E-state index is 13.2. The Morgan fingerprint density at radius 2 is 1.84 bits per heavy atom. The number of aromatic nitrogens is 1. The van der Waals surface area contributed by atoms with Crippen molar-refractivity contribution in [3.63, 3.8) is 0 Å². The van der Waals surface area contributed by atoms with Crippen LogP contribution in [0.25, 0.3) is 21.3 Å². The fraction of sp³-hybridized carbons (Fsp3) is 0.208. The summed E-state index contributed by atoms with van der Waals surface area (Å²) >= 11 is 1.49. The molecule has 0 bridgehead atoms. The van der Waals surface area contributed by atoms with Crippen LogP contribution in [0.2, 0.25) is 0 Å². The summed E-state index contributed by atoms with van der Waals surface area (Å²) < 4.78 is 41.0. The zero-order valence-corrected chi connectivity index (χ0v) is 21.2. The van der Waals surface area contributed by atoms with Crippen molar-refractivity contribution in [2.24, 2.45) is 0 Å². The Kier molecular flexibility index (Phi) is 6.73. The number of thiophene rings is 1. The number of halogens is 3. The van der Waals surface area contributed by atoms with Crippen LogP contribution in [-0.4, -0.2) is 10.5 Å². The van der Waals surface area contributed by atoms with Gasteiger partial charge in [0.15, 0.2) is 0 Å². The molecule has 0 aliphatic heterocycles. The van der Waals surface area contributed by atoms with E-state index in [0.29, 0.717) is 22.6 Å². The molecule has 0 N–H and O–H groups in total. The zero-order chi connectivity index (χ0) is 21.8. The molecule has 158 valence electrons. The van der Waals surface area contributed by atoms with E-state index >= 15 is 0 Å². The Morgan fingerprint density at radius 3 is 2.53 bits per heavy atom. The van der Waals surface area contributed by atoms with Crippen LogP contribution in [0, 0.1) is 0 Å². The van der Waals surface area contributed by atoms with Crippen molar-refractivity contribution >= 4 is 28.2 Å². The number of rotatable bonds is 5. The van der Waals surface area contributed by atoms with Crippen molar-refractivity contribution in [3.8, 4) is 10.4 Å². The number of fused-ring (bicyclic) bond motifs is 1. The van der Waals surface area contributed by atoms with Crippen molar-refractivity contribution in [1.82, 2.24) is 4.57 Å². The molecule has 0 spiro atoms. The molecule has 8 heteroatoms. The molecule has 1 fully saturated rings. The number of hydrogen-bond acceptors (Lipinski definition) is 3. The van der Waals surface area contributed by atoms with Crippen molar-refractivity contribution in [2.75, 3.05) is 0 Å². The number of aromatic carboxylic acids is 1. The van der Waals surface area contributed by atoms with Gasteiger partial charge < -0.3 is 14.5 Å². The van der Waals surface area contributed by atoms with Gasteiger partial charge in [-0.2, -0.15) is 13.2 Å². The van der Waals surface area contributed by atoms with Crippen molar-refractivity contribution in [3.05, 3.63) is 82.4 Å². The van der Waals surface area contributed by atoms with E-state index in [1.54, 1.807) is 22.8 Å². The van der Waals surface area contributed by atoms with Crippen LogP contribution in [0.1, 0.15) is 45.9 Å². The second-order valence-electron chi connectivity index (χ2n) is 7.83. The summed E-state index contributed by atoms with van der Waals surface area (Å²) in [5.41, 5.74) is 2.02. The van der Waals surface area contributed by atoms with Gasteiger partial charge in [0.1, 0.15) is 0 Å². The largest absolute Gasteiger partial charge is 1.00 e. The van der Waals surface area contributed by atoms with E-state index in [1.165, 1.54) is 23.0 Å². The van der Waals surface area contributed by atoms with Gasteiger partial charge in [-0.1, -0.05) is 30.3 Å². The Hall–Kier alpha value is -1.42. The third kappa shape index (κ3) is 4.49. The molecule has 1 aliphatic rings. The summed E-state index contributed by atoms with van der Waals surface area (Å²) in [5, 5.41) is 15.1. The SMILES string of the molecule is O=C([O-])c1c(-c2cc(C3CC3)cs2)c2ccccc2n1Cc1cccc(C(F)(F)F)c1.[K+]. The molecule has 0 saturated heterocycles. The smallest absolute Gasteiger partial charge is 0.543 e. The average Bonchev–Trinajstić information content (AvgIpc) is 3.38. The van der Waals surface area contributed by atoms with E-state index in [1.807, 2.05) is 18.2 Å². The molecule has 2 heterocycles.